The highest BCUT2D eigenvalue weighted by atomic mass is 19.1. The zero-order valence-electron chi connectivity index (χ0n) is 11.3. The average Bonchev–Trinajstić information content (AvgIpc) is 2.93. The molecule has 1 aromatic heterocycles. The molecule has 0 saturated carbocycles. The Hall–Kier alpha value is -2.01. The summed E-state index contributed by atoms with van der Waals surface area (Å²) >= 11 is 0. The third kappa shape index (κ3) is 2.14. The minimum absolute atomic E-state index is 0.171. The molecule has 0 fully saturated rings. The van der Waals surface area contributed by atoms with E-state index in [1.165, 1.54) is 6.07 Å². The molecule has 0 amide bonds. The lowest BCUT2D eigenvalue weighted by molar-refractivity contribution is 0.242. The van der Waals surface area contributed by atoms with Crippen LogP contribution in [0.25, 0.3) is 11.4 Å². The van der Waals surface area contributed by atoms with Crippen LogP contribution in [0.15, 0.2) is 24.5 Å². The van der Waals surface area contributed by atoms with Crippen LogP contribution in [0.3, 0.4) is 0 Å². The lowest BCUT2D eigenvalue weighted by atomic mass is 10.0. The summed E-state index contributed by atoms with van der Waals surface area (Å²) in [6, 6.07) is 3.10. The third-order valence-corrected chi connectivity index (χ3v) is 3.54. The van der Waals surface area contributed by atoms with Crippen LogP contribution in [0.4, 0.5) is 4.39 Å². The highest BCUT2D eigenvalue weighted by molar-refractivity contribution is 5.68. The highest BCUT2D eigenvalue weighted by Gasteiger charge is 2.28. The topological polar surface area (TPSA) is 61.0 Å². The highest BCUT2D eigenvalue weighted by Crippen LogP contribution is 2.38. The largest absolute Gasteiger partial charge is 0.488 e. The second-order valence-corrected chi connectivity index (χ2v) is 4.85. The second kappa shape index (κ2) is 5.17. The molecule has 104 valence electrons. The molecule has 0 radical (unpaired) electrons. The van der Waals surface area contributed by atoms with Crippen molar-refractivity contribution in [2.75, 3.05) is 6.54 Å². The molecule has 0 saturated heterocycles. The molecule has 5 heteroatoms. The standard InChI is InChI=1S/C15H16FN3O/c1-2-9-7-18-15(19-8-9)11-3-4-13(16)12-5-10(6-17)20-14(11)12/h3-4,7-8,10H,2,5-6,17H2,1H3/t10-/m0/s1. The van der Waals surface area contributed by atoms with Crippen molar-refractivity contribution in [1.29, 1.82) is 0 Å². The van der Waals surface area contributed by atoms with Crippen LogP contribution in [0, 0.1) is 5.82 Å². The molecule has 0 spiro atoms. The van der Waals surface area contributed by atoms with E-state index < -0.39 is 0 Å². The van der Waals surface area contributed by atoms with Gasteiger partial charge in [0.05, 0.1) is 5.56 Å². The van der Waals surface area contributed by atoms with Crippen molar-refractivity contribution in [3.8, 4) is 17.1 Å². The van der Waals surface area contributed by atoms with Crippen LogP contribution >= 0.6 is 0 Å². The molecule has 0 aliphatic carbocycles. The third-order valence-electron chi connectivity index (χ3n) is 3.54. The molecule has 1 atom stereocenters. The first-order chi connectivity index (χ1) is 9.72. The number of rotatable bonds is 3. The summed E-state index contributed by atoms with van der Waals surface area (Å²) in [4.78, 5) is 8.67. The zero-order valence-corrected chi connectivity index (χ0v) is 11.3. The lowest BCUT2D eigenvalue weighted by Gasteiger charge is -2.10. The Morgan fingerprint density at radius 1 is 1.35 bits per heavy atom. The maximum absolute atomic E-state index is 13.9. The van der Waals surface area contributed by atoms with Gasteiger partial charge in [0.1, 0.15) is 17.7 Å². The fraction of sp³-hybridized carbons (Fsp3) is 0.333. The van der Waals surface area contributed by atoms with Gasteiger partial charge >= 0.3 is 0 Å². The Morgan fingerprint density at radius 3 is 2.75 bits per heavy atom. The molecule has 3 rings (SSSR count). The number of benzene rings is 1. The fourth-order valence-electron chi connectivity index (χ4n) is 2.35. The predicted octanol–water partition coefficient (Wildman–Crippen LogP) is 2.11. The van der Waals surface area contributed by atoms with Gasteiger partial charge in [-0.25, -0.2) is 14.4 Å². The molecular weight excluding hydrogens is 257 g/mol. The van der Waals surface area contributed by atoms with Crippen LogP contribution in [-0.4, -0.2) is 22.6 Å². The molecule has 4 nitrogen and oxygen atoms in total. The number of ether oxygens (including phenoxy) is 1. The number of aryl methyl sites for hydroxylation is 1. The smallest absolute Gasteiger partial charge is 0.162 e. The van der Waals surface area contributed by atoms with Crippen LogP contribution < -0.4 is 10.5 Å². The van der Waals surface area contributed by atoms with Crippen molar-refractivity contribution >= 4 is 0 Å². The Kier molecular flexibility index (Phi) is 3.36. The van der Waals surface area contributed by atoms with E-state index in [0.29, 0.717) is 30.1 Å². The van der Waals surface area contributed by atoms with E-state index in [2.05, 4.69) is 9.97 Å². The van der Waals surface area contributed by atoms with Crippen molar-refractivity contribution in [1.82, 2.24) is 9.97 Å². The number of hydrogen-bond donors (Lipinski definition) is 1. The van der Waals surface area contributed by atoms with Gasteiger partial charge in [0.2, 0.25) is 0 Å². The number of aromatic nitrogens is 2. The molecule has 20 heavy (non-hydrogen) atoms. The quantitative estimate of drug-likeness (QED) is 0.930. The summed E-state index contributed by atoms with van der Waals surface area (Å²) in [6.07, 6.45) is 4.78. The first-order valence-electron chi connectivity index (χ1n) is 6.72. The van der Waals surface area contributed by atoms with Crippen molar-refractivity contribution in [3.63, 3.8) is 0 Å². The number of fused-ring (bicyclic) bond motifs is 1. The van der Waals surface area contributed by atoms with E-state index in [1.54, 1.807) is 18.5 Å². The van der Waals surface area contributed by atoms with Gasteiger partial charge in [-0.2, -0.15) is 0 Å². The molecule has 1 aliphatic rings. The Balaban J connectivity index is 2.05. The second-order valence-electron chi connectivity index (χ2n) is 4.85. The molecule has 1 aliphatic heterocycles. The van der Waals surface area contributed by atoms with E-state index in [9.17, 15) is 4.39 Å². The van der Waals surface area contributed by atoms with Crippen LogP contribution in [0.2, 0.25) is 0 Å². The minimum atomic E-state index is -0.259. The van der Waals surface area contributed by atoms with Gasteiger partial charge in [0, 0.05) is 30.9 Å². The zero-order chi connectivity index (χ0) is 14.1. The Bertz CT molecular complexity index is 628. The fourth-order valence-corrected chi connectivity index (χ4v) is 2.35. The van der Waals surface area contributed by atoms with Gasteiger partial charge in [-0.15, -0.1) is 0 Å². The van der Waals surface area contributed by atoms with E-state index in [-0.39, 0.29) is 11.9 Å². The van der Waals surface area contributed by atoms with Gasteiger partial charge < -0.3 is 10.5 Å². The summed E-state index contributed by atoms with van der Waals surface area (Å²) in [7, 11) is 0. The summed E-state index contributed by atoms with van der Waals surface area (Å²) in [5.74, 6) is 0.825. The van der Waals surface area contributed by atoms with E-state index in [4.69, 9.17) is 10.5 Å². The lowest BCUT2D eigenvalue weighted by Crippen LogP contribution is -2.24. The SMILES string of the molecule is CCc1cnc(-c2ccc(F)c3c2O[C@H](CN)C3)nc1. The van der Waals surface area contributed by atoms with Gasteiger partial charge in [-0.3, -0.25) is 0 Å². The Morgan fingerprint density at radius 2 is 2.10 bits per heavy atom. The average molecular weight is 273 g/mol. The molecule has 2 heterocycles. The van der Waals surface area contributed by atoms with Crippen LogP contribution in [-0.2, 0) is 12.8 Å². The number of nitrogens with two attached hydrogens (primary N) is 1. The molecule has 2 N–H and O–H groups in total. The predicted molar refractivity (Wildman–Crippen MR) is 74.0 cm³/mol. The van der Waals surface area contributed by atoms with Crippen molar-refractivity contribution in [2.24, 2.45) is 5.73 Å². The van der Waals surface area contributed by atoms with E-state index >= 15 is 0 Å². The van der Waals surface area contributed by atoms with Gasteiger partial charge in [0.25, 0.3) is 0 Å². The number of nitrogens with zero attached hydrogens (tertiary/aromatic N) is 2. The van der Waals surface area contributed by atoms with E-state index in [0.717, 1.165) is 17.5 Å². The molecule has 2 aromatic rings. The van der Waals surface area contributed by atoms with Crippen molar-refractivity contribution in [3.05, 3.63) is 41.5 Å². The molecular formula is C15H16FN3O. The van der Waals surface area contributed by atoms with Crippen molar-refractivity contribution in [2.45, 2.75) is 25.9 Å². The Labute approximate surface area is 116 Å². The van der Waals surface area contributed by atoms with Gasteiger partial charge in [0.15, 0.2) is 5.82 Å². The number of hydrogen-bond acceptors (Lipinski definition) is 4. The maximum Gasteiger partial charge on any atom is 0.162 e. The summed E-state index contributed by atoms with van der Waals surface area (Å²) in [6.45, 7) is 2.41. The summed E-state index contributed by atoms with van der Waals surface area (Å²) in [5.41, 5.74) is 7.97. The summed E-state index contributed by atoms with van der Waals surface area (Å²) in [5, 5.41) is 0. The van der Waals surface area contributed by atoms with Crippen molar-refractivity contribution < 1.29 is 9.13 Å². The molecule has 0 unspecified atom stereocenters. The van der Waals surface area contributed by atoms with Crippen LogP contribution in [0.1, 0.15) is 18.1 Å². The van der Waals surface area contributed by atoms with E-state index in [1.807, 2.05) is 6.92 Å². The van der Waals surface area contributed by atoms with Gasteiger partial charge in [-0.1, -0.05) is 6.92 Å². The van der Waals surface area contributed by atoms with Crippen LogP contribution in [0.5, 0.6) is 5.75 Å². The molecule has 0 bridgehead atoms. The maximum atomic E-state index is 13.9. The minimum Gasteiger partial charge on any atom is -0.488 e. The molecule has 1 aromatic carbocycles. The first kappa shape index (κ1) is 13.0. The number of halogens is 1. The van der Waals surface area contributed by atoms with Gasteiger partial charge in [-0.05, 0) is 24.1 Å². The normalized spacial score (nSPS) is 16.9. The monoisotopic (exact) mass is 273 g/mol. The first-order valence-corrected chi connectivity index (χ1v) is 6.72. The summed E-state index contributed by atoms with van der Waals surface area (Å²) < 4.78 is 19.6.